The Labute approximate surface area is 135 Å². The van der Waals surface area contributed by atoms with Crippen LogP contribution in [0.15, 0.2) is 57.5 Å². The minimum absolute atomic E-state index is 0.171. The Kier molecular flexibility index (Phi) is 4.10. The van der Waals surface area contributed by atoms with Crippen LogP contribution in [0.4, 0.5) is 0 Å². The summed E-state index contributed by atoms with van der Waals surface area (Å²) >= 11 is 9.59. The van der Waals surface area contributed by atoms with Gasteiger partial charge in [-0.25, -0.2) is 0 Å². The van der Waals surface area contributed by atoms with Crippen molar-refractivity contribution in [2.75, 3.05) is 0 Å². The lowest BCUT2D eigenvalue weighted by Crippen LogP contribution is -1.89. The van der Waals surface area contributed by atoms with Gasteiger partial charge in [0.05, 0.1) is 17.2 Å². The molecule has 0 atom stereocenters. The molecule has 0 saturated carbocycles. The number of aromatic nitrogens is 1. The molecule has 0 spiro atoms. The smallest absolute Gasteiger partial charge is 0.173 e. The number of rotatable bonds is 3. The molecule has 3 rings (SSSR count). The summed E-state index contributed by atoms with van der Waals surface area (Å²) in [6, 6.07) is 15.0. The fraction of sp³-hybridized carbons (Fsp3) is 0.0625. The average molecular weight is 365 g/mol. The maximum atomic E-state index is 9.70. The summed E-state index contributed by atoms with van der Waals surface area (Å²) in [5.41, 5.74) is 2.80. The van der Waals surface area contributed by atoms with Crippen molar-refractivity contribution >= 4 is 27.5 Å². The van der Waals surface area contributed by atoms with E-state index in [0.717, 1.165) is 15.6 Å². The molecule has 0 unspecified atom stereocenters. The van der Waals surface area contributed by atoms with Crippen molar-refractivity contribution in [1.82, 2.24) is 5.16 Å². The van der Waals surface area contributed by atoms with Crippen LogP contribution < -0.4 is 0 Å². The van der Waals surface area contributed by atoms with Gasteiger partial charge in [-0.1, -0.05) is 63.0 Å². The van der Waals surface area contributed by atoms with E-state index in [1.807, 2.05) is 42.5 Å². The van der Waals surface area contributed by atoms with Crippen molar-refractivity contribution in [2.24, 2.45) is 0 Å². The Morgan fingerprint density at radius 3 is 2.48 bits per heavy atom. The van der Waals surface area contributed by atoms with Gasteiger partial charge in [0.2, 0.25) is 0 Å². The molecule has 1 aromatic heterocycles. The van der Waals surface area contributed by atoms with E-state index >= 15 is 0 Å². The summed E-state index contributed by atoms with van der Waals surface area (Å²) in [4.78, 5) is 0. The van der Waals surface area contributed by atoms with E-state index in [9.17, 15) is 5.11 Å². The predicted octanol–water partition coefficient (Wildman–Crippen LogP) is 4.92. The predicted molar refractivity (Wildman–Crippen MR) is 86.0 cm³/mol. The summed E-state index contributed by atoms with van der Waals surface area (Å²) < 4.78 is 6.41. The molecule has 0 bridgehead atoms. The van der Waals surface area contributed by atoms with E-state index in [0.29, 0.717) is 22.0 Å². The number of benzene rings is 2. The Morgan fingerprint density at radius 2 is 1.81 bits per heavy atom. The first kappa shape index (κ1) is 14.3. The molecule has 0 saturated heterocycles. The van der Waals surface area contributed by atoms with E-state index in [1.54, 1.807) is 6.07 Å². The van der Waals surface area contributed by atoms with Crippen LogP contribution in [0.5, 0.6) is 0 Å². The summed E-state index contributed by atoms with van der Waals surface area (Å²) in [7, 11) is 0. The zero-order valence-corrected chi connectivity index (χ0v) is 13.2. The molecule has 0 aliphatic rings. The van der Waals surface area contributed by atoms with Gasteiger partial charge in [0.15, 0.2) is 5.76 Å². The second-order valence-corrected chi connectivity index (χ2v) is 5.81. The van der Waals surface area contributed by atoms with Crippen LogP contribution in [0.2, 0.25) is 5.02 Å². The molecule has 2 aromatic carbocycles. The maximum absolute atomic E-state index is 9.70. The highest BCUT2D eigenvalue weighted by molar-refractivity contribution is 9.10. The van der Waals surface area contributed by atoms with Gasteiger partial charge in [0, 0.05) is 15.6 Å². The number of aliphatic hydroxyl groups excluding tert-OH is 1. The largest absolute Gasteiger partial charge is 0.391 e. The van der Waals surface area contributed by atoms with Gasteiger partial charge in [0.1, 0.15) is 5.69 Å². The lowest BCUT2D eigenvalue weighted by Gasteiger charge is -2.03. The van der Waals surface area contributed by atoms with E-state index < -0.39 is 0 Å². The molecule has 21 heavy (non-hydrogen) atoms. The van der Waals surface area contributed by atoms with E-state index in [4.69, 9.17) is 16.1 Å². The first-order chi connectivity index (χ1) is 10.2. The standard InChI is InChI=1S/C16H11BrClNO2/c17-11-7-5-10(6-8-11)16-13(9-20)15(19-21-16)12-3-1-2-4-14(12)18/h1-8,20H,9H2. The SMILES string of the molecule is OCc1c(-c2ccccc2Cl)noc1-c1ccc(Br)cc1. The Balaban J connectivity index is 2.13. The van der Waals surface area contributed by atoms with Gasteiger partial charge in [0.25, 0.3) is 0 Å². The van der Waals surface area contributed by atoms with E-state index in [1.165, 1.54) is 0 Å². The molecular formula is C16H11BrClNO2. The summed E-state index contributed by atoms with van der Waals surface area (Å²) in [6.07, 6.45) is 0. The lowest BCUT2D eigenvalue weighted by molar-refractivity contribution is 0.281. The van der Waals surface area contributed by atoms with Crippen molar-refractivity contribution in [2.45, 2.75) is 6.61 Å². The minimum Gasteiger partial charge on any atom is -0.391 e. The summed E-state index contributed by atoms with van der Waals surface area (Å²) in [5, 5.41) is 14.4. The van der Waals surface area contributed by atoms with E-state index in [-0.39, 0.29) is 6.61 Å². The van der Waals surface area contributed by atoms with Gasteiger partial charge in [-0.05, 0) is 18.2 Å². The number of hydrogen-bond acceptors (Lipinski definition) is 3. The van der Waals surface area contributed by atoms with Crippen molar-refractivity contribution < 1.29 is 9.63 Å². The molecule has 1 heterocycles. The third kappa shape index (κ3) is 2.75. The van der Waals surface area contributed by atoms with Crippen molar-refractivity contribution in [1.29, 1.82) is 0 Å². The third-order valence-corrected chi connectivity index (χ3v) is 4.04. The van der Waals surface area contributed by atoms with Crippen LogP contribution in [0.3, 0.4) is 0 Å². The molecule has 3 nitrogen and oxygen atoms in total. The molecule has 0 fully saturated rings. The molecule has 106 valence electrons. The Hall–Kier alpha value is -1.62. The molecule has 1 N–H and O–H groups in total. The zero-order chi connectivity index (χ0) is 14.8. The highest BCUT2D eigenvalue weighted by Crippen LogP contribution is 2.35. The van der Waals surface area contributed by atoms with Gasteiger partial charge >= 0.3 is 0 Å². The highest BCUT2D eigenvalue weighted by Gasteiger charge is 2.19. The number of aliphatic hydroxyl groups is 1. The fourth-order valence-electron chi connectivity index (χ4n) is 2.15. The monoisotopic (exact) mass is 363 g/mol. The molecule has 0 aliphatic heterocycles. The Bertz CT molecular complexity index is 768. The van der Waals surface area contributed by atoms with Gasteiger partial charge in [-0.3, -0.25) is 0 Å². The number of hydrogen-bond donors (Lipinski definition) is 1. The molecule has 0 radical (unpaired) electrons. The second kappa shape index (κ2) is 6.02. The van der Waals surface area contributed by atoms with Gasteiger partial charge in [-0.2, -0.15) is 0 Å². The van der Waals surface area contributed by atoms with Crippen LogP contribution in [-0.2, 0) is 6.61 Å². The quantitative estimate of drug-likeness (QED) is 0.718. The maximum Gasteiger partial charge on any atom is 0.173 e. The van der Waals surface area contributed by atoms with Crippen LogP contribution in [0.1, 0.15) is 5.56 Å². The lowest BCUT2D eigenvalue weighted by atomic mass is 10.0. The molecule has 0 amide bonds. The number of nitrogens with zero attached hydrogens (tertiary/aromatic N) is 1. The van der Waals surface area contributed by atoms with Crippen molar-refractivity contribution in [3.63, 3.8) is 0 Å². The van der Waals surface area contributed by atoms with Crippen LogP contribution in [0, 0.1) is 0 Å². The normalized spacial score (nSPS) is 10.8. The highest BCUT2D eigenvalue weighted by atomic mass is 79.9. The molecule has 5 heteroatoms. The van der Waals surface area contributed by atoms with Gasteiger partial charge in [-0.15, -0.1) is 0 Å². The number of halogens is 2. The Morgan fingerprint density at radius 1 is 1.10 bits per heavy atom. The van der Waals surface area contributed by atoms with Crippen LogP contribution >= 0.6 is 27.5 Å². The third-order valence-electron chi connectivity index (χ3n) is 3.18. The zero-order valence-electron chi connectivity index (χ0n) is 10.9. The first-order valence-corrected chi connectivity index (χ1v) is 7.48. The molecular weight excluding hydrogens is 354 g/mol. The van der Waals surface area contributed by atoms with Crippen molar-refractivity contribution in [3.05, 3.63) is 63.6 Å². The van der Waals surface area contributed by atoms with Crippen molar-refractivity contribution in [3.8, 4) is 22.6 Å². The first-order valence-electron chi connectivity index (χ1n) is 6.31. The average Bonchev–Trinajstić information content (AvgIpc) is 2.92. The summed E-state index contributed by atoms with van der Waals surface area (Å²) in [5.74, 6) is 0.555. The molecule has 3 aromatic rings. The fourth-order valence-corrected chi connectivity index (χ4v) is 2.64. The van der Waals surface area contributed by atoms with Crippen LogP contribution in [-0.4, -0.2) is 10.3 Å². The molecule has 0 aliphatic carbocycles. The summed E-state index contributed by atoms with van der Waals surface area (Å²) in [6.45, 7) is -0.171. The minimum atomic E-state index is -0.171. The van der Waals surface area contributed by atoms with E-state index in [2.05, 4.69) is 21.1 Å². The second-order valence-electron chi connectivity index (χ2n) is 4.48. The van der Waals surface area contributed by atoms with Crippen LogP contribution in [0.25, 0.3) is 22.6 Å². The van der Waals surface area contributed by atoms with Gasteiger partial charge < -0.3 is 9.63 Å². The topological polar surface area (TPSA) is 46.3 Å².